The molecule has 6 nitrogen and oxygen atoms in total. The molecule has 0 amide bonds. The van der Waals surface area contributed by atoms with E-state index in [1.807, 2.05) is 12.1 Å². The summed E-state index contributed by atoms with van der Waals surface area (Å²) in [4.78, 5) is 4.40. The van der Waals surface area contributed by atoms with E-state index >= 15 is 0 Å². The van der Waals surface area contributed by atoms with E-state index in [1.54, 1.807) is 0 Å². The van der Waals surface area contributed by atoms with Crippen LogP contribution in [-0.4, -0.2) is 51.6 Å². The van der Waals surface area contributed by atoms with E-state index in [0.29, 0.717) is 13.6 Å². The third-order valence-corrected chi connectivity index (χ3v) is 13.6. The molecule has 7 heteroatoms. The van der Waals surface area contributed by atoms with Gasteiger partial charge in [0.25, 0.3) is 0 Å². The van der Waals surface area contributed by atoms with Gasteiger partial charge in [0.2, 0.25) is 0 Å². The number of rotatable bonds is 6. The average Bonchev–Trinajstić information content (AvgIpc) is 3.26. The Labute approximate surface area is 172 Å². The molecule has 0 spiro atoms. The van der Waals surface area contributed by atoms with Crippen LogP contribution in [0, 0.1) is 0 Å². The van der Waals surface area contributed by atoms with Gasteiger partial charge in [-0.25, -0.2) is 0 Å². The van der Waals surface area contributed by atoms with Crippen molar-refractivity contribution in [1.29, 1.82) is 0 Å². The molecule has 0 atom stereocenters. The molecule has 0 fully saturated rings. The van der Waals surface area contributed by atoms with E-state index in [9.17, 15) is 0 Å². The van der Waals surface area contributed by atoms with Crippen molar-refractivity contribution in [3.05, 3.63) is 35.4 Å². The molecule has 2 aliphatic rings. The molecule has 0 saturated heterocycles. The van der Waals surface area contributed by atoms with E-state index in [1.165, 1.54) is 17.3 Å². The van der Waals surface area contributed by atoms with Gasteiger partial charge in [0, 0.05) is 0 Å². The molecule has 0 aromatic heterocycles. The fourth-order valence-electron chi connectivity index (χ4n) is 3.68. The van der Waals surface area contributed by atoms with Gasteiger partial charge in [-0.05, 0) is 0 Å². The van der Waals surface area contributed by atoms with Gasteiger partial charge in [0.05, 0.1) is 0 Å². The van der Waals surface area contributed by atoms with Crippen LogP contribution < -0.4 is 25.1 Å². The Balaban J connectivity index is 1.80. The molecular weight excluding hydrogens is 533 g/mol. The van der Waals surface area contributed by atoms with Crippen LogP contribution in [0.5, 0.6) is 23.0 Å². The van der Waals surface area contributed by atoms with Gasteiger partial charge < -0.3 is 0 Å². The minimum atomic E-state index is -1.84. The second-order valence-corrected chi connectivity index (χ2v) is 14.4. The van der Waals surface area contributed by atoms with Crippen LogP contribution in [0.15, 0.2) is 24.3 Å². The van der Waals surface area contributed by atoms with Crippen molar-refractivity contribution in [2.24, 2.45) is 0 Å². The van der Waals surface area contributed by atoms with Crippen LogP contribution in [0.1, 0.15) is 11.1 Å². The van der Waals surface area contributed by atoms with E-state index in [-0.39, 0.29) is 0 Å². The summed E-state index contributed by atoms with van der Waals surface area (Å²) in [6.07, 6.45) is 0. The van der Waals surface area contributed by atoms with Gasteiger partial charge in [-0.15, -0.1) is 0 Å². The van der Waals surface area contributed by atoms with Gasteiger partial charge in [-0.2, -0.15) is 0 Å². The van der Waals surface area contributed by atoms with Gasteiger partial charge >= 0.3 is 173 Å². The molecule has 2 heterocycles. The fourth-order valence-corrected chi connectivity index (χ4v) is 12.0. The van der Waals surface area contributed by atoms with Crippen LogP contribution in [0.25, 0.3) is 0 Å². The van der Waals surface area contributed by atoms with Crippen molar-refractivity contribution in [3.8, 4) is 23.0 Å². The first kappa shape index (κ1) is 18.8. The average molecular weight is 557 g/mol. The van der Waals surface area contributed by atoms with Crippen LogP contribution >= 0.6 is 0 Å². The first-order chi connectivity index (χ1) is 13.0. The maximum absolute atomic E-state index is 5.90. The van der Waals surface area contributed by atoms with E-state index in [2.05, 4.69) is 50.1 Å². The normalized spacial score (nSPS) is 14.1. The topological polar surface area (TPSA) is 43.4 Å². The van der Waals surface area contributed by atoms with Gasteiger partial charge in [-0.3, -0.25) is 0 Å². The van der Waals surface area contributed by atoms with Crippen LogP contribution in [0.3, 0.4) is 0 Å². The Morgan fingerprint density at radius 2 is 1.15 bits per heavy atom. The van der Waals surface area contributed by atoms with Gasteiger partial charge in [0.15, 0.2) is 0 Å². The summed E-state index contributed by atoms with van der Waals surface area (Å²) in [6, 6.07) is 8.45. The Morgan fingerprint density at radius 1 is 0.704 bits per heavy atom. The molecule has 0 saturated carbocycles. The summed E-state index contributed by atoms with van der Waals surface area (Å²) in [5.41, 5.74) is 2.66. The summed E-state index contributed by atoms with van der Waals surface area (Å²) < 4.78 is 25.9. The van der Waals surface area contributed by atoms with E-state index in [0.717, 1.165) is 36.1 Å². The minimum absolute atomic E-state index is 0.304. The zero-order valence-electron chi connectivity index (χ0n) is 16.4. The second kappa shape index (κ2) is 7.85. The monoisotopic (exact) mass is 558 g/mol. The predicted octanol–water partition coefficient (Wildman–Crippen LogP) is 1.30. The molecule has 27 heavy (non-hydrogen) atoms. The second-order valence-electron chi connectivity index (χ2n) is 7.53. The maximum atomic E-state index is 5.90. The predicted molar refractivity (Wildman–Crippen MR) is 99.2 cm³/mol. The summed E-state index contributed by atoms with van der Waals surface area (Å²) in [5.74, 6) is 3.63. The third-order valence-electron chi connectivity index (χ3n) is 4.80. The molecule has 0 unspecified atom stereocenters. The van der Waals surface area contributed by atoms with Crippen molar-refractivity contribution < 1.29 is 43.5 Å². The van der Waals surface area contributed by atoms with Gasteiger partial charge in [-0.1, -0.05) is 0 Å². The van der Waals surface area contributed by atoms with Crippen molar-refractivity contribution >= 4 is 6.14 Å². The number of hydrogen-bond acceptors (Lipinski definition) is 6. The number of benzene rings is 2. The van der Waals surface area contributed by atoms with Crippen LogP contribution in [0.4, 0.5) is 0 Å². The molecule has 4 rings (SSSR count). The number of nitrogens with zero attached hydrogens (tertiary/aromatic N) is 2. The molecule has 2 aliphatic heterocycles. The number of ether oxygens (including phenoxy) is 4. The van der Waals surface area contributed by atoms with Gasteiger partial charge in [0.1, 0.15) is 0 Å². The van der Waals surface area contributed by atoms with E-state index < -0.39 is 24.6 Å². The quantitative estimate of drug-likeness (QED) is 0.500. The first-order valence-corrected chi connectivity index (χ1v) is 14.6. The molecule has 0 N–H and O–H groups in total. The Bertz CT molecular complexity index is 785. The summed E-state index contributed by atoms with van der Waals surface area (Å²) >= 11 is -1.84. The van der Waals surface area contributed by atoms with Crippen LogP contribution in [0.2, 0.25) is 0 Å². The SMILES string of the molecule is CN(C)Cc1ccc2c([c]1[Hg][c]1c(CN(C)C)ccc3c1OCO3)OCO2. The van der Waals surface area contributed by atoms with Crippen LogP contribution in [-0.2, 0) is 37.7 Å². The molecule has 0 radical (unpaired) electrons. The standard InChI is InChI=1S/2C10H12NO2.Hg/c2*1-11(2)6-8-3-4-9-10(5-8)13-7-12-9;/h2*3-4H,6-7H2,1-2H3;. The zero-order valence-corrected chi connectivity index (χ0v) is 21.9. The Hall–Kier alpha value is -1.50. The van der Waals surface area contributed by atoms with Crippen molar-refractivity contribution in [2.45, 2.75) is 13.1 Å². The molecule has 2 aromatic rings. The van der Waals surface area contributed by atoms with Crippen molar-refractivity contribution in [3.63, 3.8) is 0 Å². The Morgan fingerprint density at radius 3 is 1.56 bits per heavy atom. The molecule has 0 bridgehead atoms. The number of hydrogen-bond donors (Lipinski definition) is 0. The van der Waals surface area contributed by atoms with Crippen molar-refractivity contribution in [2.75, 3.05) is 41.8 Å². The summed E-state index contributed by atoms with van der Waals surface area (Å²) in [6.45, 7) is 2.39. The first-order valence-electron chi connectivity index (χ1n) is 9.13. The number of fused-ring (bicyclic) bond motifs is 2. The van der Waals surface area contributed by atoms with Crippen molar-refractivity contribution in [1.82, 2.24) is 9.80 Å². The molecular formula is C20H24HgN2O4. The molecule has 140 valence electrons. The zero-order chi connectivity index (χ0) is 19.0. The summed E-state index contributed by atoms with van der Waals surface area (Å²) in [7, 11) is 8.39. The molecule has 2 aromatic carbocycles. The fraction of sp³-hybridized carbons (Fsp3) is 0.400. The summed E-state index contributed by atoms with van der Waals surface area (Å²) in [5, 5.41) is 0. The molecule has 0 aliphatic carbocycles. The van der Waals surface area contributed by atoms with E-state index in [4.69, 9.17) is 18.9 Å². The Kier molecular flexibility index (Phi) is 5.48. The third kappa shape index (κ3) is 3.88.